The lowest BCUT2D eigenvalue weighted by Crippen LogP contribution is -1.92. The lowest BCUT2D eigenvalue weighted by molar-refractivity contribution is 0.411. The fraction of sp³-hybridized carbons (Fsp3) is 0.263. The molecule has 104 valence electrons. The monoisotopic (exact) mass is 266 g/mol. The summed E-state index contributed by atoms with van der Waals surface area (Å²) in [5.41, 5.74) is 6.32. The van der Waals surface area contributed by atoms with Crippen LogP contribution in [0.1, 0.15) is 34.7 Å². The number of rotatable bonds is 4. The molecule has 0 saturated heterocycles. The Kier molecular flexibility index (Phi) is 4.62. The van der Waals surface area contributed by atoms with Crippen LogP contribution in [0.2, 0.25) is 0 Å². The Labute approximate surface area is 121 Å². The minimum absolute atomic E-state index is 0.951. The zero-order valence-electron chi connectivity index (χ0n) is 12.7. The first-order valence-corrected chi connectivity index (χ1v) is 7.07. The molecule has 1 heteroatoms. The smallest absolute Gasteiger partial charge is 0.122 e. The highest BCUT2D eigenvalue weighted by molar-refractivity contribution is 5.72. The maximum absolute atomic E-state index is 5.34. The quantitative estimate of drug-likeness (QED) is 0.704. The fourth-order valence-corrected chi connectivity index (χ4v) is 2.27. The molecule has 1 nitrogen and oxygen atoms in total. The lowest BCUT2D eigenvalue weighted by Gasteiger charge is -2.10. The molecule has 0 fully saturated rings. The van der Waals surface area contributed by atoms with Gasteiger partial charge in [0, 0.05) is 0 Å². The van der Waals surface area contributed by atoms with Crippen LogP contribution in [0.5, 0.6) is 5.75 Å². The van der Waals surface area contributed by atoms with Gasteiger partial charge in [-0.15, -0.1) is 0 Å². The van der Waals surface area contributed by atoms with E-state index in [0.717, 1.165) is 12.2 Å². The zero-order valence-corrected chi connectivity index (χ0v) is 12.7. The summed E-state index contributed by atoms with van der Waals surface area (Å²) in [5.74, 6) is 0.951. The SMILES string of the molecule is CCc1ccc(C=Cc2ccc(OC)c(C)c2C)cc1. The molecule has 0 N–H and O–H groups in total. The van der Waals surface area contributed by atoms with E-state index in [1.807, 2.05) is 6.07 Å². The highest BCUT2D eigenvalue weighted by Gasteiger charge is 2.04. The van der Waals surface area contributed by atoms with Gasteiger partial charge in [-0.05, 0) is 54.2 Å². The van der Waals surface area contributed by atoms with Gasteiger partial charge in [-0.3, -0.25) is 0 Å². The summed E-state index contributed by atoms with van der Waals surface area (Å²) in [4.78, 5) is 0. The number of ether oxygens (including phenoxy) is 1. The first-order valence-electron chi connectivity index (χ1n) is 7.07. The average Bonchev–Trinajstić information content (AvgIpc) is 2.49. The van der Waals surface area contributed by atoms with E-state index in [9.17, 15) is 0 Å². The number of hydrogen-bond acceptors (Lipinski definition) is 1. The van der Waals surface area contributed by atoms with Crippen LogP contribution in [0.15, 0.2) is 36.4 Å². The lowest BCUT2D eigenvalue weighted by atomic mass is 10.0. The van der Waals surface area contributed by atoms with Crippen molar-refractivity contribution >= 4 is 12.2 Å². The van der Waals surface area contributed by atoms with Crippen molar-refractivity contribution in [1.29, 1.82) is 0 Å². The maximum Gasteiger partial charge on any atom is 0.122 e. The summed E-state index contributed by atoms with van der Waals surface area (Å²) in [5, 5.41) is 0. The van der Waals surface area contributed by atoms with Crippen LogP contribution in [0.4, 0.5) is 0 Å². The Morgan fingerprint density at radius 2 is 1.60 bits per heavy atom. The first kappa shape index (κ1) is 14.4. The van der Waals surface area contributed by atoms with Gasteiger partial charge < -0.3 is 4.74 Å². The normalized spacial score (nSPS) is 11.0. The summed E-state index contributed by atoms with van der Waals surface area (Å²) in [6.07, 6.45) is 5.41. The molecule has 20 heavy (non-hydrogen) atoms. The maximum atomic E-state index is 5.34. The van der Waals surface area contributed by atoms with E-state index in [0.29, 0.717) is 0 Å². The zero-order chi connectivity index (χ0) is 14.5. The van der Waals surface area contributed by atoms with Gasteiger partial charge >= 0.3 is 0 Å². The molecule has 0 radical (unpaired) electrons. The Bertz CT molecular complexity index is 606. The number of benzene rings is 2. The largest absolute Gasteiger partial charge is 0.496 e. The van der Waals surface area contributed by atoms with E-state index in [4.69, 9.17) is 4.74 Å². The van der Waals surface area contributed by atoms with E-state index in [-0.39, 0.29) is 0 Å². The van der Waals surface area contributed by atoms with E-state index < -0.39 is 0 Å². The third-order valence-electron chi connectivity index (χ3n) is 3.84. The number of methoxy groups -OCH3 is 1. The van der Waals surface area contributed by atoms with Crippen LogP contribution in [0.25, 0.3) is 12.2 Å². The van der Waals surface area contributed by atoms with E-state index >= 15 is 0 Å². The van der Waals surface area contributed by atoms with E-state index in [2.05, 4.69) is 63.3 Å². The van der Waals surface area contributed by atoms with Crippen LogP contribution in [-0.2, 0) is 6.42 Å². The highest BCUT2D eigenvalue weighted by atomic mass is 16.5. The minimum Gasteiger partial charge on any atom is -0.496 e. The first-order chi connectivity index (χ1) is 9.65. The van der Waals surface area contributed by atoms with Gasteiger partial charge in [0.1, 0.15) is 5.75 Å². The van der Waals surface area contributed by atoms with Crippen LogP contribution < -0.4 is 4.74 Å². The molecule has 0 heterocycles. The highest BCUT2D eigenvalue weighted by Crippen LogP contribution is 2.25. The molecule has 0 aliphatic carbocycles. The van der Waals surface area contributed by atoms with Gasteiger partial charge in [-0.1, -0.05) is 49.4 Å². The van der Waals surface area contributed by atoms with Crippen LogP contribution in [-0.4, -0.2) is 7.11 Å². The molecule has 0 aliphatic heterocycles. The predicted molar refractivity (Wildman–Crippen MR) is 87.2 cm³/mol. The Morgan fingerprint density at radius 3 is 2.20 bits per heavy atom. The topological polar surface area (TPSA) is 9.23 Å². The van der Waals surface area contributed by atoms with Crippen molar-refractivity contribution in [1.82, 2.24) is 0 Å². The summed E-state index contributed by atoms with van der Waals surface area (Å²) >= 11 is 0. The van der Waals surface area contributed by atoms with Crippen molar-refractivity contribution in [2.75, 3.05) is 7.11 Å². The number of hydrogen-bond donors (Lipinski definition) is 0. The average molecular weight is 266 g/mol. The van der Waals surface area contributed by atoms with Gasteiger partial charge in [0.2, 0.25) is 0 Å². The van der Waals surface area contributed by atoms with Crippen molar-refractivity contribution in [3.05, 3.63) is 64.2 Å². The molecule has 0 aliphatic rings. The molecule has 0 bridgehead atoms. The molecule has 2 rings (SSSR count). The van der Waals surface area contributed by atoms with Crippen molar-refractivity contribution in [3.8, 4) is 5.75 Å². The van der Waals surface area contributed by atoms with Gasteiger partial charge in [-0.25, -0.2) is 0 Å². The van der Waals surface area contributed by atoms with Crippen LogP contribution in [0, 0.1) is 13.8 Å². The second-order valence-electron chi connectivity index (χ2n) is 5.04. The third kappa shape index (κ3) is 3.11. The molecule has 0 spiro atoms. The second-order valence-corrected chi connectivity index (χ2v) is 5.04. The minimum atomic E-state index is 0.951. The number of aryl methyl sites for hydroxylation is 1. The van der Waals surface area contributed by atoms with E-state index in [1.165, 1.54) is 27.8 Å². The summed E-state index contributed by atoms with van der Waals surface area (Å²) in [6, 6.07) is 12.8. The van der Waals surface area contributed by atoms with Gasteiger partial charge in [0.25, 0.3) is 0 Å². The van der Waals surface area contributed by atoms with Crippen molar-refractivity contribution < 1.29 is 4.74 Å². The summed E-state index contributed by atoms with van der Waals surface area (Å²) in [7, 11) is 1.71. The Balaban J connectivity index is 2.24. The molecule has 0 unspecified atom stereocenters. The van der Waals surface area contributed by atoms with Crippen molar-refractivity contribution in [3.63, 3.8) is 0 Å². The molecule has 0 atom stereocenters. The Morgan fingerprint density at radius 1 is 0.900 bits per heavy atom. The van der Waals surface area contributed by atoms with Gasteiger partial charge in [0.15, 0.2) is 0 Å². The molecule has 2 aromatic carbocycles. The van der Waals surface area contributed by atoms with Crippen molar-refractivity contribution in [2.24, 2.45) is 0 Å². The molecule has 0 aromatic heterocycles. The molecular formula is C19H22O. The molecule has 0 saturated carbocycles. The standard InChI is InChI=1S/C19H22O/c1-5-16-6-8-17(9-7-16)10-11-18-12-13-19(20-4)15(3)14(18)2/h6-13H,5H2,1-4H3. The second kappa shape index (κ2) is 6.42. The van der Waals surface area contributed by atoms with E-state index in [1.54, 1.807) is 7.11 Å². The van der Waals surface area contributed by atoms with Gasteiger partial charge in [0.05, 0.1) is 7.11 Å². The molecule has 2 aromatic rings. The Hall–Kier alpha value is -2.02. The fourth-order valence-electron chi connectivity index (χ4n) is 2.27. The van der Waals surface area contributed by atoms with Crippen molar-refractivity contribution in [2.45, 2.75) is 27.2 Å². The van der Waals surface area contributed by atoms with Crippen LogP contribution in [0.3, 0.4) is 0 Å². The van der Waals surface area contributed by atoms with Gasteiger partial charge in [-0.2, -0.15) is 0 Å². The molecule has 0 amide bonds. The predicted octanol–water partition coefficient (Wildman–Crippen LogP) is 5.04. The molecular weight excluding hydrogens is 244 g/mol. The van der Waals surface area contributed by atoms with Crippen LogP contribution >= 0.6 is 0 Å². The third-order valence-corrected chi connectivity index (χ3v) is 3.84. The summed E-state index contributed by atoms with van der Waals surface area (Å²) in [6.45, 7) is 6.41. The summed E-state index contributed by atoms with van der Waals surface area (Å²) < 4.78 is 5.34.